The molecule has 4 aromatic rings. The van der Waals surface area contributed by atoms with E-state index < -0.39 is 34.1 Å². The molecule has 0 aliphatic heterocycles. The van der Waals surface area contributed by atoms with Crippen LogP contribution in [-0.2, 0) is 9.53 Å². The second kappa shape index (κ2) is 10.4. The van der Waals surface area contributed by atoms with Gasteiger partial charge in [-0.25, -0.2) is 9.59 Å². The molecule has 0 aliphatic carbocycles. The summed E-state index contributed by atoms with van der Waals surface area (Å²) in [5, 5.41) is 14.0. The Kier molecular flexibility index (Phi) is 7.11. The first-order chi connectivity index (χ1) is 17.3. The minimum atomic E-state index is -1.44. The van der Waals surface area contributed by atoms with Gasteiger partial charge < -0.3 is 19.2 Å². The smallest absolute Gasteiger partial charge is 0.351 e. The maximum absolute atomic E-state index is 13.2. The largest absolute Gasteiger partial charge is 0.493 e. The number of nitrogens with one attached hydrogen (secondary N) is 1. The van der Waals surface area contributed by atoms with E-state index in [2.05, 4.69) is 21.2 Å². The summed E-state index contributed by atoms with van der Waals surface area (Å²) in [7, 11) is 1.42. The first-order valence-corrected chi connectivity index (χ1v) is 11.2. The lowest BCUT2D eigenvalue weighted by Gasteiger charge is -2.18. The number of fused-ring (bicyclic) bond motifs is 1. The van der Waals surface area contributed by atoms with Crippen LogP contribution in [0.5, 0.6) is 5.75 Å². The van der Waals surface area contributed by atoms with Crippen molar-refractivity contribution in [3.63, 3.8) is 0 Å². The van der Waals surface area contributed by atoms with Gasteiger partial charge >= 0.3 is 11.6 Å². The monoisotopic (exact) mass is 552 g/mol. The molecule has 1 heterocycles. The fraction of sp³-hybridized carbons (Fsp3) is 0.0800. The Hall–Kier alpha value is -4.51. The summed E-state index contributed by atoms with van der Waals surface area (Å²) in [6.45, 7) is 0. The fourth-order valence-corrected chi connectivity index (χ4v) is 3.88. The summed E-state index contributed by atoms with van der Waals surface area (Å²) in [6.07, 6.45) is -1.44. The first kappa shape index (κ1) is 24.6. The number of non-ortho nitro benzene ring substituents is 1. The van der Waals surface area contributed by atoms with Crippen molar-refractivity contribution in [2.75, 3.05) is 12.4 Å². The molecule has 10 nitrogen and oxygen atoms in total. The highest BCUT2D eigenvalue weighted by atomic mass is 79.9. The quantitative estimate of drug-likeness (QED) is 0.146. The number of carbonyl (C=O) groups excluding carboxylic acids is 2. The van der Waals surface area contributed by atoms with E-state index in [1.807, 2.05) is 0 Å². The molecule has 1 N–H and O–H groups in total. The molecule has 0 fully saturated rings. The van der Waals surface area contributed by atoms with E-state index in [-0.39, 0.29) is 21.4 Å². The number of nitro groups is 1. The third-order valence-electron chi connectivity index (χ3n) is 5.15. The van der Waals surface area contributed by atoms with Crippen LogP contribution in [0.2, 0.25) is 0 Å². The van der Waals surface area contributed by atoms with Gasteiger partial charge in [0.1, 0.15) is 5.56 Å². The molecule has 182 valence electrons. The average Bonchev–Trinajstić information content (AvgIpc) is 2.87. The molecular formula is C25H17BrN2O8. The van der Waals surface area contributed by atoms with Crippen LogP contribution in [0.15, 0.2) is 86.5 Å². The number of anilines is 1. The zero-order chi connectivity index (χ0) is 25.8. The normalized spacial score (nSPS) is 11.5. The van der Waals surface area contributed by atoms with Gasteiger partial charge in [-0.3, -0.25) is 14.9 Å². The molecule has 0 spiro atoms. The molecule has 4 rings (SSSR count). The first-order valence-electron chi connectivity index (χ1n) is 10.4. The van der Waals surface area contributed by atoms with Crippen molar-refractivity contribution in [1.82, 2.24) is 0 Å². The van der Waals surface area contributed by atoms with Crippen LogP contribution in [-0.4, -0.2) is 23.9 Å². The third-order valence-corrected chi connectivity index (χ3v) is 5.81. The molecule has 0 saturated carbocycles. The molecule has 11 heteroatoms. The molecule has 1 atom stereocenters. The third kappa shape index (κ3) is 5.10. The predicted octanol–water partition coefficient (Wildman–Crippen LogP) is 5.01. The van der Waals surface area contributed by atoms with Crippen LogP contribution in [0.25, 0.3) is 11.0 Å². The maximum Gasteiger partial charge on any atom is 0.351 e. The van der Waals surface area contributed by atoms with Crippen LogP contribution >= 0.6 is 15.9 Å². The van der Waals surface area contributed by atoms with E-state index in [4.69, 9.17) is 13.9 Å². The van der Waals surface area contributed by atoms with Crippen LogP contribution < -0.4 is 15.7 Å². The van der Waals surface area contributed by atoms with Crippen LogP contribution in [0.3, 0.4) is 0 Å². The van der Waals surface area contributed by atoms with Gasteiger partial charge in [-0.05, 0) is 34.1 Å². The molecule has 36 heavy (non-hydrogen) atoms. The number of esters is 1. The van der Waals surface area contributed by atoms with Crippen molar-refractivity contribution >= 4 is 50.2 Å². The second-order valence-corrected chi connectivity index (χ2v) is 8.29. The number of hydrogen-bond donors (Lipinski definition) is 1. The lowest BCUT2D eigenvalue weighted by atomic mass is 10.1. The molecule has 0 radical (unpaired) electrons. The number of hydrogen-bond acceptors (Lipinski definition) is 8. The standard InChI is InChI=1S/C25H17BrN2O8/c1-34-20-9-5-8-15-12-17(24(30)35-21(15)20)25(31)36-22(14-6-3-2-4-7-14)23(29)27-19-11-10-16(28(32)33)13-18(19)26/h2-13,22H,1H3,(H,27,29). The average molecular weight is 553 g/mol. The van der Waals surface area contributed by atoms with Crippen LogP contribution in [0, 0.1) is 10.1 Å². The molecule has 0 saturated heterocycles. The Balaban J connectivity index is 1.65. The van der Waals surface area contributed by atoms with Gasteiger partial charge in [0.05, 0.1) is 17.7 Å². The summed E-state index contributed by atoms with van der Waals surface area (Å²) < 4.78 is 16.2. The Morgan fingerprint density at radius 3 is 2.47 bits per heavy atom. The van der Waals surface area contributed by atoms with E-state index in [0.717, 1.165) is 0 Å². The van der Waals surface area contributed by atoms with E-state index in [0.29, 0.717) is 16.7 Å². The van der Waals surface area contributed by atoms with Crippen molar-refractivity contribution in [3.8, 4) is 5.75 Å². The van der Waals surface area contributed by atoms with Crippen LogP contribution in [0.1, 0.15) is 22.0 Å². The minimum Gasteiger partial charge on any atom is -0.493 e. The lowest BCUT2D eigenvalue weighted by Crippen LogP contribution is -2.27. The molecule has 1 unspecified atom stereocenters. The molecule has 3 aromatic carbocycles. The van der Waals surface area contributed by atoms with Gasteiger partial charge in [0.25, 0.3) is 11.6 Å². The predicted molar refractivity (Wildman–Crippen MR) is 133 cm³/mol. The minimum absolute atomic E-state index is 0.168. The lowest BCUT2D eigenvalue weighted by molar-refractivity contribution is -0.384. The summed E-state index contributed by atoms with van der Waals surface area (Å²) in [4.78, 5) is 49.2. The van der Waals surface area contributed by atoms with Gasteiger partial charge in [-0.1, -0.05) is 42.5 Å². The van der Waals surface area contributed by atoms with Gasteiger partial charge in [0.2, 0.25) is 6.10 Å². The van der Waals surface area contributed by atoms with Crippen molar-refractivity contribution in [3.05, 3.63) is 109 Å². The SMILES string of the molecule is COc1cccc2cc(C(=O)OC(C(=O)Nc3ccc([N+](=O)[O-])cc3Br)c3ccccc3)c(=O)oc12. The number of rotatable bonds is 7. The number of nitrogens with zero attached hydrogens (tertiary/aromatic N) is 1. The summed E-state index contributed by atoms with van der Waals surface area (Å²) in [5.74, 6) is -1.49. The summed E-state index contributed by atoms with van der Waals surface area (Å²) >= 11 is 3.19. The van der Waals surface area contributed by atoms with Gasteiger partial charge in [-0.2, -0.15) is 0 Å². The number of benzene rings is 3. The number of para-hydroxylation sites is 1. The van der Waals surface area contributed by atoms with E-state index in [1.54, 1.807) is 48.5 Å². The van der Waals surface area contributed by atoms with Crippen molar-refractivity contribution in [2.24, 2.45) is 0 Å². The number of carbonyl (C=O) groups is 2. The van der Waals surface area contributed by atoms with Crippen molar-refractivity contribution in [1.29, 1.82) is 0 Å². The van der Waals surface area contributed by atoms with E-state index in [9.17, 15) is 24.5 Å². The second-order valence-electron chi connectivity index (χ2n) is 7.43. The number of methoxy groups -OCH3 is 1. The Morgan fingerprint density at radius 1 is 1.06 bits per heavy atom. The molecular weight excluding hydrogens is 536 g/mol. The number of ether oxygens (including phenoxy) is 2. The summed E-state index contributed by atoms with van der Waals surface area (Å²) in [6, 6.07) is 18.2. The highest BCUT2D eigenvalue weighted by Crippen LogP contribution is 2.30. The maximum atomic E-state index is 13.2. The molecule has 0 aliphatic rings. The zero-order valence-electron chi connectivity index (χ0n) is 18.6. The highest BCUT2D eigenvalue weighted by Gasteiger charge is 2.28. The van der Waals surface area contributed by atoms with Crippen molar-refractivity contribution in [2.45, 2.75) is 6.10 Å². The van der Waals surface area contributed by atoms with E-state index in [1.165, 1.54) is 31.4 Å². The Labute approximate surface area is 211 Å². The highest BCUT2D eigenvalue weighted by molar-refractivity contribution is 9.10. The zero-order valence-corrected chi connectivity index (χ0v) is 20.2. The van der Waals surface area contributed by atoms with Gasteiger partial charge in [0, 0.05) is 27.6 Å². The van der Waals surface area contributed by atoms with Crippen LogP contribution in [0.4, 0.5) is 11.4 Å². The van der Waals surface area contributed by atoms with Gasteiger partial charge in [-0.15, -0.1) is 0 Å². The Morgan fingerprint density at radius 2 is 1.81 bits per heavy atom. The number of nitro benzene ring substituents is 1. The van der Waals surface area contributed by atoms with E-state index >= 15 is 0 Å². The van der Waals surface area contributed by atoms with Gasteiger partial charge in [0.15, 0.2) is 11.3 Å². The molecule has 1 amide bonds. The summed E-state index contributed by atoms with van der Waals surface area (Å²) in [5.41, 5.74) is -0.802. The molecule has 1 aromatic heterocycles. The Bertz CT molecular complexity index is 1530. The van der Waals surface area contributed by atoms with Crippen molar-refractivity contribution < 1.29 is 28.4 Å². The number of halogens is 1. The fourth-order valence-electron chi connectivity index (χ4n) is 3.41. The topological polar surface area (TPSA) is 138 Å². The molecule has 0 bridgehead atoms. The number of amides is 1.